The van der Waals surface area contributed by atoms with E-state index in [1.807, 2.05) is 0 Å². The summed E-state index contributed by atoms with van der Waals surface area (Å²) in [7, 11) is 0. The summed E-state index contributed by atoms with van der Waals surface area (Å²) in [5.41, 5.74) is -3.53. The topological polar surface area (TPSA) is 17.1 Å². The number of allylic oxidation sites excluding steroid dienone is 2. The average Bonchev–Trinajstić information content (AvgIpc) is 2.29. The van der Waals surface area contributed by atoms with Crippen molar-refractivity contribution in [3.63, 3.8) is 0 Å². The minimum Gasteiger partial charge on any atom is -0.289 e. The first-order valence-corrected chi connectivity index (χ1v) is 5.62. The van der Waals surface area contributed by atoms with E-state index < -0.39 is 35.7 Å². The summed E-state index contributed by atoms with van der Waals surface area (Å²) in [6.45, 7) is 0. The maximum Gasteiger partial charge on any atom is 0.421 e. The van der Waals surface area contributed by atoms with Crippen LogP contribution in [0.2, 0.25) is 0 Å². The summed E-state index contributed by atoms with van der Waals surface area (Å²) in [5.74, 6) is -1.20. The highest BCUT2D eigenvalue weighted by Crippen LogP contribution is 2.43. The number of hydrogen-bond donors (Lipinski definition) is 0. The number of halogens is 6. The van der Waals surface area contributed by atoms with E-state index in [0.717, 1.165) is 0 Å². The summed E-state index contributed by atoms with van der Waals surface area (Å²) < 4.78 is 75.7. The molecule has 1 aliphatic carbocycles. The van der Waals surface area contributed by atoms with Gasteiger partial charge in [0.1, 0.15) is 5.57 Å². The zero-order valence-corrected chi connectivity index (χ0v) is 9.90. The Morgan fingerprint density at radius 2 is 1.45 bits per heavy atom. The molecule has 0 spiro atoms. The molecule has 20 heavy (non-hydrogen) atoms. The molecule has 0 radical (unpaired) electrons. The van der Waals surface area contributed by atoms with Crippen LogP contribution in [0.5, 0.6) is 0 Å². The molecule has 0 saturated carbocycles. The van der Waals surface area contributed by atoms with Gasteiger partial charge in [-0.1, -0.05) is 24.3 Å². The van der Waals surface area contributed by atoms with Crippen molar-refractivity contribution in [2.75, 3.05) is 0 Å². The number of aryl methyl sites for hydroxylation is 1. The van der Waals surface area contributed by atoms with Gasteiger partial charge in [0, 0.05) is 11.1 Å². The van der Waals surface area contributed by atoms with Crippen molar-refractivity contribution < 1.29 is 31.1 Å². The second-order valence-corrected chi connectivity index (χ2v) is 4.34. The molecule has 0 N–H and O–H groups in total. The Labute approximate surface area is 109 Å². The lowest BCUT2D eigenvalue weighted by Gasteiger charge is -2.23. The number of carbonyl (C=O) groups is 1. The van der Waals surface area contributed by atoms with Gasteiger partial charge in [-0.3, -0.25) is 4.79 Å². The number of ketones is 1. The summed E-state index contributed by atoms with van der Waals surface area (Å²) in [6, 6.07) is 5.74. The first kappa shape index (κ1) is 14.6. The van der Waals surface area contributed by atoms with Crippen molar-refractivity contribution in [2.24, 2.45) is 0 Å². The maximum absolute atomic E-state index is 12.6. The average molecular weight is 294 g/mol. The number of Topliss-reactive ketones (excluding diaryl/α,β-unsaturated/α-hetero) is 1. The van der Waals surface area contributed by atoms with Crippen molar-refractivity contribution in [1.82, 2.24) is 0 Å². The molecule has 0 unspecified atom stereocenters. The van der Waals surface area contributed by atoms with E-state index in [1.165, 1.54) is 18.2 Å². The molecule has 7 heteroatoms. The van der Waals surface area contributed by atoms with Crippen molar-refractivity contribution in [3.05, 3.63) is 46.5 Å². The Hall–Kier alpha value is -1.79. The van der Waals surface area contributed by atoms with Crippen LogP contribution in [0, 0.1) is 0 Å². The van der Waals surface area contributed by atoms with Crippen LogP contribution >= 0.6 is 0 Å². The third-order valence-electron chi connectivity index (χ3n) is 3.05. The first-order chi connectivity index (χ1) is 9.12. The largest absolute Gasteiger partial charge is 0.421 e. The van der Waals surface area contributed by atoms with Crippen LogP contribution in [0.4, 0.5) is 26.3 Å². The normalized spacial score (nSPS) is 16.1. The molecular formula is C13H8F6O. The zero-order valence-electron chi connectivity index (χ0n) is 9.90. The van der Waals surface area contributed by atoms with Crippen LogP contribution in [0.1, 0.15) is 22.3 Å². The maximum atomic E-state index is 12.6. The lowest BCUT2D eigenvalue weighted by molar-refractivity contribution is -0.173. The number of rotatable bonds is 0. The molecular weight excluding hydrogens is 286 g/mol. The summed E-state index contributed by atoms with van der Waals surface area (Å²) >= 11 is 0. The van der Waals surface area contributed by atoms with Gasteiger partial charge in [-0.25, -0.2) is 0 Å². The fourth-order valence-electron chi connectivity index (χ4n) is 2.24. The second-order valence-electron chi connectivity index (χ2n) is 4.34. The molecule has 0 bridgehead atoms. The molecule has 1 aromatic rings. The Bertz CT molecular complexity index is 563. The smallest absolute Gasteiger partial charge is 0.289 e. The highest BCUT2D eigenvalue weighted by Gasteiger charge is 2.54. The van der Waals surface area contributed by atoms with E-state index in [9.17, 15) is 31.1 Å². The molecule has 0 saturated heterocycles. The standard InChI is InChI=1S/C13H8F6O/c14-12(15,16)11(13(17,18)19)9-6-5-7-3-1-2-4-8(7)10(9)20/h1-4H,5-6H2. The lowest BCUT2D eigenvalue weighted by Crippen LogP contribution is -2.31. The van der Waals surface area contributed by atoms with Gasteiger partial charge in [0.25, 0.3) is 0 Å². The zero-order chi connectivity index (χ0) is 15.1. The van der Waals surface area contributed by atoms with Gasteiger partial charge in [-0.2, -0.15) is 26.3 Å². The van der Waals surface area contributed by atoms with E-state index >= 15 is 0 Å². The van der Waals surface area contributed by atoms with E-state index in [1.54, 1.807) is 6.07 Å². The third kappa shape index (κ3) is 2.57. The predicted octanol–water partition coefficient (Wildman–Crippen LogP) is 4.24. The number of carbonyl (C=O) groups excluding carboxylic acids is 1. The van der Waals surface area contributed by atoms with Gasteiger partial charge in [0.15, 0.2) is 5.78 Å². The molecule has 1 aliphatic rings. The van der Waals surface area contributed by atoms with Crippen molar-refractivity contribution >= 4 is 5.78 Å². The Kier molecular flexibility index (Phi) is 3.39. The minimum absolute atomic E-state index is 0.0209. The van der Waals surface area contributed by atoms with Gasteiger partial charge in [0.05, 0.1) is 0 Å². The Balaban J connectivity index is 2.63. The fraction of sp³-hybridized carbons (Fsp3) is 0.308. The molecule has 0 atom stereocenters. The van der Waals surface area contributed by atoms with Crippen LogP contribution in [0.3, 0.4) is 0 Å². The molecule has 0 amide bonds. The highest BCUT2D eigenvalue weighted by atomic mass is 19.4. The van der Waals surface area contributed by atoms with Crippen LogP contribution in [0.15, 0.2) is 35.4 Å². The summed E-state index contributed by atoms with van der Waals surface area (Å²) in [5, 5.41) is 0. The number of alkyl halides is 6. The number of benzene rings is 1. The molecule has 0 fully saturated rings. The van der Waals surface area contributed by atoms with Crippen LogP contribution < -0.4 is 0 Å². The second kappa shape index (κ2) is 4.64. The van der Waals surface area contributed by atoms with Gasteiger partial charge >= 0.3 is 12.4 Å². The van der Waals surface area contributed by atoms with Gasteiger partial charge in [-0.15, -0.1) is 0 Å². The Morgan fingerprint density at radius 1 is 0.900 bits per heavy atom. The molecule has 0 heterocycles. The van der Waals surface area contributed by atoms with Crippen LogP contribution in [-0.2, 0) is 6.42 Å². The van der Waals surface area contributed by atoms with E-state index in [0.29, 0.717) is 5.56 Å². The SMILES string of the molecule is O=C1C(=C(C(F)(F)F)C(F)(F)F)CCc2ccccc21. The van der Waals surface area contributed by atoms with Crippen molar-refractivity contribution in [3.8, 4) is 0 Å². The molecule has 108 valence electrons. The minimum atomic E-state index is -5.60. The molecule has 1 aromatic carbocycles. The number of hydrogen-bond acceptors (Lipinski definition) is 1. The lowest BCUT2D eigenvalue weighted by atomic mass is 9.84. The quantitative estimate of drug-likeness (QED) is 0.517. The van der Waals surface area contributed by atoms with Crippen molar-refractivity contribution in [2.45, 2.75) is 25.2 Å². The van der Waals surface area contributed by atoms with Crippen LogP contribution in [0.25, 0.3) is 0 Å². The first-order valence-electron chi connectivity index (χ1n) is 5.62. The molecule has 1 nitrogen and oxygen atoms in total. The number of fused-ring (bicyclic) bond motifs is 1. The highest BCUT2D eigenvalue weighted by molar-refractivity contribution is 6.11. The van der Waals surface area contributed by atoms with Gasteiger partial charge in [0.2, 0.25) is 0 Å². The predicted molar refractivity (Wildman–Crippen MR) is 58.2 cm³/mol. The monoisotopic (exact) mass is 294 g/mol. The molecule has 2 rings (SSSR count). The summed E-state index contributed by atoms with van der Waals surface area (Å²) in [4.78, 5) is 11.9. The van der Waals surface area contributed by atoms with Crippen LogP contribution in [-0.4, -0.2) is 18.1 Å². The van der Waals surface area contributed by atoms with E-state index in [2.05, 4.69) is 0 Å². The van der Waals surface area contributed by atoms with Gasteiger partial charge in [-0.05, 0) is 18.4 Å². The van der Waals surface area contributed by atoms with E-state index in [4.69, 9.17) is 0 Å². The Morgan fingerprint density at radius 3 is 2.00 bits per heavy atom. The molecule has 0 aromatic heterocycles. The van der Waals surface area contributed by atoms with E-state index in [-0.39, 0.29) is 12.0 Å². The molecule has 0 aliphatic heterocycles. The van der Waals surface area contributed by atoms with Gasteiger partial charge < -0.3 is 0 Å². The fourth-order valence-corrected chi connectivity index (χ4v) is 2.24. The summed E-state index contributed by atoms with van der Waals surface area (Å²) in [6.07, 6.45) is -11.8. The van der Waals surface area contributed by atoms with Crippen molar-refractivity contribution in [1.29, 1.82) is 0 Å². The third-order valence-corrected chi connectivity index (χ3v) is 3.05.